The van der Waals surface area contributed by atoms with Gasteiger partial charge in [-0.15, -0.1) is 0 Å². The van der Waals surface area contributed by atoms with Crippen molar-refractivity contribution in [1.29, 1.82) is 0 Å². The predicted octanol–water partition coefficient (Wildman–Crippen LogP) is 2.02. The van der Waals surface area contributed by atoms with Gasteiger partial charge < -0.3 is 5.32 Å². The molecule has 20 heavy (non-hydrogen) atoms. The third kappa shape index (κ3) is 2.53. The highest BCUT2D eigenvalue weighted by molar-refractivity contribution is 5.87. The fraction of sp³-hybridized carbons (Fsp3) is 0.615. The van der Waals surface area contributed by atoms with E-state index in [4.69, 9.17) is 5.84 Å². The maximum atomic E-state index is 5.42. The number of nitrogens with zero attached hydrogens (tertiary/aromatic N) is 3. The number of rotatable bonds is 4. The van der Waals surface area contributed by atoms with Gasteiger partial charge in [0.25, 0.3) is 0 Å². The molecule has 1 unspecified atom stereocenters. The summed E-state index contributed by atoms with van der Waals surface area (Å²) < 4.78 is 0. The Morgan fingerprint density at radius 1 is 1.30 bits per heavy atom. The van der Waals surface area contributed by atoms with Crippen molar-refractivity contribution >= 4 is 22.8 Å². The molecule has 1 fully saturated rings. The monoisotopic (exact) mass is 275 g/mol. The van der Waals surface area contributed by atoms with Crippen molar-refractivity contribution in [3.8, 4) is 0 Å². The first-order valence-corrected chi connectivity index (χ1v) is 7.22. The van der Waals surface area contributed by atoms with Gasteiger partial charge in [0, 0.05) is 6.04 Å². The smallest absolute Gasteiger partial charge is 0.241 e. The molecule has 0 saturated heterocycles. The highest BCUT2D eigenvalue weighted by Crippen LogP contribution is 2.29. The van der Waals surface area contributed by atoms with Crippen LogP contribution < -0.4 is 16.6 Å². The summed E-state index contributed by atoms with van der Waals surface area (Å²) in [5, 5.41) is 11.3. The van der Waals surface area contributed by atoms with Crippen LogP contribution in [0.4, 0.5) is 11.8 Å². The minimum absolute atomic E-state index is 0.383. The summed E-state index contributed by atoms with van der Waals surface area (Å²) in [5.74, 6) is 7.29. The Bertz CT molecular complexity index is 573. The molecule has 7 heteroatoms. The van der Waals surface area contributed by atoms with E-state index in [0.29, 0.717) is 23.6 Å². The summed E-state index contributed by atoms with van der Waals surface area (Å²) >= 11 is 0. The molecule has 0 aliphatic heterocycles. The quantitative estimate of drug-likeness (QED) is 0.502. The van der Waals surface area contributed by atoms with Crippen molar-refractivity contribution in [3.05, 3.63) is 6.20 Å². The van der Waals surface area contributed by atoms with Gasteiger partial charge >= 0.3 is 0 Å². The Hall–Kier alpha value is -1.89. The summed E-state index contributed by atoms with van der Waals surface area (Å²) in [6.07, 6.45) is 8.34. The highest BCUT2D eigenvalue weighted by atomic mass is 15.3. The first-order chi connectivity index (χ1) is 9.78. The summed E-state index contributed by atoms with van der Waals surface area (Å²) in [6.45, 7) is 2.22. The van der Waals surface area contributed by atoms with Crippen molar-refractivity contribution in [1.82, 2.24) is 20.2 Å². The third-order valence-electron chi connectivity index (χ3n) is 4.16. The average Bonchev–Trinajstić information content (AvgIpc) is 2.96. The van der Waals surface area contributed by atoms with Crippen LogP contribution in [0.2, 0.25) is 0 Å². The molecular weight excluding hydrogens is 254 g/mol. The molecule has 0 spiro atoms. The molecule has 1 atom stereocenters. The fourth-order valence-electron chi connectivity index (χ4n) is 2.98. The molecule has 108 valence electrons. The molecule has 1 saturated carbocycles. The zero-order valence-corrected chi connectivity index (χ0v) is 11.7. The molecule has 0 aromatic carbocycles. The maximum Gasteiger partial charge on any atom is 0.241 e. The largest absolute Gasteiger partial charge is 0.367 e. The van der Waals surface area contributed by atoms with Gasteiger partial charge in [0.15, 0.2) is 5.65 Å². The number of aromatic nitrogens is 4. The molecule has 0 amide bonds. The van der Waals surface area contributed by atoms with Crippen LogP contribution in [0.15, 0.2) is 6.20 Å². The number of hydrazine groups is 1. The van der Waals surface area contributed by atoms with E-state index in [2.05, 4.69) is 37.8 Å². The normalized spacial score (nSPS) is 18.1. The molecule has 1 aliphatic rings. The number of fused-ring (bicyclic) bond motifs is 1. The predicted molar refractivity (Wildman–Crippen MR) is 79.2 cm³/mol. The lowest BCUT2D eigenvalue weighted by Crippen LogP contribution is -2.28. The van der Waals surface area contributed by atoms with Gasteiger partial charge in [0.1, 0.15) is 5.82 Å². The van der Waals surface area contributed by atoms with Crippen LogP contribution in [0, 0.1) is 5.92 Å². The topological polar surface area (TPSA) is 105 Å². The van der Waals surface area contributed by atoms with Crippen molar-refractivity contribution in [2.75, 3.05) is 10.7 Å². The van der Waals surface area contributed by atoms with E-state index in [9.17, 15) is 0 Å². The third-order valence-corrected chi connectivity index (χ3v) is 4.16. The Balaban J connectivity index is 1.83. The second-order valence-corrected chi connectivity index (χ2v) is 5.50. The molecule has 2 heterocycles. The SMILES string of the molecule is CC(Nc1nc(NN)nc2[nH]ncc12)C1CCCCC1. The average molecular weight is 275 g/mol. The summed E-state index contributed by atoms with van der Waals surface area (Å²) in [5.41, 5.74) is 3.18. The standard InChI is InChI=1S/C13H21N7/c1-8(9-5-3-2-4-6-9)16-11-10-7-15-20-12(10)18-13(17-11)19-14/h7-9H,2-6,14H2,1H3,(H3,15,16,17,18,19,20). The molecule has 5 N–H and O–H groups in total. The van der Waals surface area contributed by atoms with Crippen LogP contribution in [-0.4, -0.2) is 26.2 Å². The van der Waals surface area contributed by atoms with E-state index in [1.165, 1.54) is 32.1 Å². The zero-order valence-electron chi connectivity index (χ0n) is 11.7. The lowest BCUT2D eigenvalue weighted by molar-refractivity contribution is 0.328. The lowest BCUT2D eigenvalue weighted by atomic mass is 9.84. The van der Waals surface area contributed by atoms with E-state index in [-0.39, 0.29) is 0 Å². The molecule has 7 nitrogen and oxygen atoms in total. The van der Waals surface area contributed by atoms with Crippen LogP contribution >= 0.6 is 0 Å². The number of hydrogen-bond acceptors (Lipinski definition) is 6. The van der Waals surface area contributed by atoms with Crippen LogP contribution in [0.5, 0.6) is 0 Å². The zero-order chi connectivity index (χ0) is 13.9. The Morgan fingerprint density at radius 3 is 2.85 bits per heavy atom. The summed E-state index contributed by atoms with van der Waals surface area (Å²) in [4.78, 5) is 8.64. The van der Waals surface area contributed by atoms with E-state index in [1.807, 2.05) is 0 Å². The number of nitrogens with one attached hydrogen (secondary N) is 3. The summed E-state index contributed by atoms with van der Waals surface area (Å²) in [7, 11) is 0. The van der Waals surface area contributed by atoms with Crippen LogP contribution in [0.25, 0.3) is 11.0 Å². The minimum Gasteiger partial charge on any atom is -0.367 e. The second-order valence-electron chi connectivity index (χ2n) is 5.50. The number of hydrogen-bond donors (Lipinski definition) is 4. The Morgan fingerprint density at radius 2 is 2.10 bits per heavy atom. The van der Waals surface area contributed by atoms with E-state index in [1.54, 1.807) is 6.20 Å². The Labute approximate surface area is 117 Å². The number of aromatic amines is 1. The van der Waals surface area contributed by atoms with Crippen molar-refractivity contribution in [2.24, 2.45) is 11.8 Å². The molecule has 2 aromatic heterocycles. The molecule has 1 aliphatic carbocycles. The van der Waals surface area contributed by atoms with Crippen molar-refractivity contribution < 1.29 is 0 Å². The lowest BCUT2D eigenvalue weighted by Gasteiger charge is -2.28. The number of anilines is 2. The molecular formula is C13H21N7. The number of H-pyrrole nitrogens is 1. The first-order valence-electron chi connectivity index (χ1n) is 7.22. The van der Waals surface area contributed by atoms with Gasteiger partial charge in [-0.3, -0.25) is 10.5 Å². The van der Waals surface area contributed by atoms with Crippen LogP contribution in [0.3, 0.4) is 0 Å². The number of nitrogen functional groups attached to an aromatic ring is 1. The fourth-order valence-corrected chi connectivity index (χ4v) is 2.98. The van der Waals surface area contributed by atoms with Gasteiger partial charge in [0.05, 0.1) is 11.6 Å². The van der Waals surface area contributed by atoms with Gasteiger partial charge in [-0.25, -0.2) is 5.84 Å². The molecule has 2 aromatic rings. The van der Waals surface area contributed by atoms with Gasteiger partial charge in [-0.05, 0) is 25.7 Å². The van der Waals surface area contributed by atoms with E-state index in [0.717, 1.165) is 11.2 Å². The second kappa shape index (κ2) is 5.62. The molecule has 3 rings (SSSR count). The minimum atomic E-state index is 0.383. The van der Waals surface area contributed by atoms with Crippen molar-refractivity contribution in [2.45, 2.75) is 45.1 Å². The van der Waals surface area contributed by atoms with Gasteiger partial charge in [-0.2, -0.15) is 15.1 Å². The first kappa shape index (κ1) is 13.1. The van der Waals surface area contributed by atoms with Gasteiger partial charge in [-0.1, -0.05) is 19.3 Å². The van der Waals surface area contributed by atoms with E-state index >= 15 is 0 Å². The highest BCUT2D eigenvalue weighted by Gasteiger charge is 2.21. The van der Waals surface area contributed by atoms with E-state index < -0.39 is 0 Å². The van der Waals surface area contributed by atoms with Crippen LogP contribution in [0.1, 0.15) is 39.0 Å². The molecule has 0 bridgehead atoms. The van der Waals surface area contributed by atoms with Gasteiger partial charge in [0.2, 0.25) is 5.95 Å². The van der Waals surface area contributed by atoms with Crippen molar-refractivity contribution in [3.63, 3.8) is 0 Å². The summed E-state index contributed by atoms with van der Waals surface area (Å²) in [6, 6.07) is 0.383. The maximum absolute atomic E-state index is 5.42. The Kier molecular flexibility index (Phi) is 3.68. The molecule has 0 radical (unpaired) electrons. The number of nitrogens with two attached hydrogens (primary N) is 1. The van der Waals surface area contributed by atoms with Crippen LogP contribution in [-0.2, 0) is 0 Å².